The molecular formula is C27H22N2O4. The van der Waals surface area contributed by atoms with Gasteiger partial charge in [-0.1, -0.05) is 60.7 Å². The second-order valence-corrected chi connectivity index (χ2v) is 7.27. The van der Waals surface area contributed by atoms with Crippen molar-refractivity contribution in [3.63, 3.8) is 0 Å². The number of nitrogens with zero attached hydrogens (tertiary/aromatic N) is 1. The molecule has 33 heavy (non-hydrogen) atoms. The number of methoxy groups -OCH3 is 1. The van der Waals surface area contributed by atoms with E-state index in [0.717, 1.165) is 16.3 Å². The zero-order valence-corrected chi connectivity index (χ0v) is 18.0. The van der Waals surface area contributed by atoms with E-state index in [4.69, 9.17) is 9.47 Å². The van der Waals surface area contributed by atoms with Crippen LogP contribution in [0, 0.1) is 0 Å². The van der Waals surface area contributed by atoms with Crippen molar-refractivity contribution in [3.05, 3.63) is 108 Å². The first kappa shape index (κ1) is 21.8. The van der Waals surface area contributed by atoms with Gasteiger partial charge < -0.3 is 9.47 Å². The Morgan fingerprint density at radius 1 is 0.879 bits per heavy atom. The summed E-state index contributed by atoms with van der Waals surface area (Å²) < 4.78 is 10.8. The number of carbonyl (C=O) groups is 2. The van der Waals surface area contributed by atoms with Gasteiger partial charge in [-0.25, -0.2) is 10.2 Å². The second kappa shape index (κ2) is 10.2. The first-order chi connectivity index (χ1) is 16.1. The molecule has 0 aliphatic rings. The predicted octanol–water partition coefficient (Wildman–Crippen LogP) is 4.76. The molecule has 1 N–H and O–H groups in total. The van der Waals surface area contributed by atoms with Crippen LogP contribution in [0.5, 0.6) is 11.5 Å². The minimum absolute atomic E-state index is 0.215. The van der Waals surface area contributed by atoms with Crippen molar-refractivity contribution < 1.29 is 19.1 Å². The van der Waals surface area contributed by atoms with Gasteiger partial charge in [0.25, 0.3) is 0 Å². The van der Waals surface area contributed by atoms with Gasteiger partial charge in [-0.15, -0.1) is 0 Å². The first-order valence-corrected chi connectivity index (χ1v) is 10.4. The third-order valence-electron chi connectivity index (χ3n) is 5.05. The van der Waals surface area contributed by atoms with E-state index in [1.165, 1.54) is 6.21 Å². The van der Waals surface area contributed by atoms with Crippen LogP contribution in [0.1, 0.15) is 21.5 Å². The molecule has 0 unspecified atom stereocenters. The van der Waals surface area contributed by atoms with Gasteiger partial charge in [0.2, 0.25) is 5.91 Å². The smallest absolute Gasteiger partial charge is 0.343 e. The van der Waals surface area contributed by atoms with Crippen LogP contribution in [0.4, 0.5) is 0 Å². The van der Waals surface area contributed by atoms with Gasteiger partial charge in [0.05, 0.1) is 25.3 Å². The van der Waals surface area contributed by atoms with Crippen molar-refractivity contribution in [3.8, 4) is 11.5 Å². The molecule has 0 saturated heterocycles. The predicted molar refractivity (Wildman–Crippen MR) is 128 cm³/mol. The van der Waals surface area contributed by atoms with Gasteiger partial charge in [-0.3, -0.25) is 4.79 Å². The third kappa shape index (κ3) is 5.43. The number of hydrazone groups is 1. The lowest BCUT2D eigenvalue weighted by molar-refractivity contribution is -0.120. The summed E-state index contributed by atoms with van der Waals surface area (Å²) in [7, 11) is 1.56. The number of benzene rings is 4. The molecule has 0 spiro atoms. The molecule has 0 heterocycles. The normalized spacial score (nSPS) is 10.8. The largest absolute Gasteiger partial charge is 0.497 e. The summed E-state index contributed by atoms with van der Waals surface area (Å²) in [6, 6.07) is 27.4. The highest BCUT2D eigenvalue weighted by Crippen LogP contribution is 2.27. The van der Waals surface area contributed by atoms with Crippen LogP contribution < -0.4 is 14.9 Å². The number of rotatable bonds is 7. The molecule has 0 aromatic heterocycles. The van der Waals surface area contributed by atoms with Crippen LogP contribution in [0.25, 0.3) is 10.8 Å². The van der Waals surface area contributed by atoms with Gasteiger partial charge in [-0.2, -0.15) is 5.10 Å². The summed E-state index contributed by atoms with van der Waals surface area (Å²) in [5, 5.41) is 5.92. The van der Waals surface area contributed by atoms with Gasteiger partial charge in [0.1, 0.15) is 11.5 Å². The number of fused-ring (bicyclic) bond motifs is 1. The Kier molecular flexibility index (Phi) is 6.75. The average Bonchev–Trinajstić information content (AvgIpc) is 2.85. The number of amides is 1. The van der Waals surface area contributed by atoms with E-state index in [9.17, 15) is 9.59 Å². The Labute approximate surface area is 191 Å². The van der Waals surface area contributed by atoms with Crippen molar-refractivity contribution in [2.45, 2.75) is 6.42 Å². The monoisotopic (exact) mass is 438 g/mol. The van der Waals surface area contributed by atoms with Gasteiger partial charge in [0.15, 0.2) is 0 Å². The molecule has 0 aliphatic heterocycles. The molecule has 1 amide bonds. The van der Waals surface area contributed by atoms with Crippen LogP contribution in [-0.2, 0) is 11.2 Å². The number of hydrogen-bond donors (Lipinski definition) is 1. The van der Waals surface area contributed by atoms with E-state index in [0.29, 0.717) is 22.6 Å². The van der Waals surface area contributed by atoms with Crippen LogP contribution in [0.2, 0.25) is 0 Å². The van der Waals surface area contributed by atoms with Crippen molar-refractivity contribution in [2.75, 3.05) is 7.11 Å². The molecule has 0 aliphatic carbocycles. The zero-order chi connectivity index (χ0) is 23.0. The molecule has 6 heteroatoms. The molecule has 4 rings (SSSR count). The van der Waals surface area contributed by atoms with Crippen LogP contribution in [-0.4, -0.2) is 25.2 Å². The fourth-order valence-electron chi connectivity index (χ4n) is 3.37. The van der Waals surface area contributed by atoms with Crippen molar-refractivity contribution in [1.29, 1.82) is 0 Å². The average molecular weight is 438 g/mol. The molecule has 0 fully saturated rings. The third-order valence-corrected chi connectivity index (χ3v) is 5.05. The minimum Gasteiger partial charge on any atom is -0.497 e. The number of carbonyl (C=O) groups excluding carboxylic acids is 2. The summed E-state index contributed by atoms with van der Waals surface area (Å²) in [4.78, 5) is 25.0. The maximum atomic E-state index is 12.7. The lowest BCUT2D eigenvalue weighted by atomic mass is 10.0. The van der Waals surface area contributed by atoms with Gasteiger partial charge in [0, 0.05) is 5.56 Å². The highest BCUT2D eigenvalue weighted by atomic mass is 16.5. The van der Waals surface area contributed by atoms with Gasteiger partial charge >= 0.3 is 5.97 Å². The molecule has 4 aromatic rings. The lowest BCUT2D eigenvalue weighted by Gasteiger charge is -2.11. The van der Waals surface area contributed by atoms with E-state index in [1.54, 1.807) is 37.4 Å². The summed E-state index contributed by atoms with van der Waals surface area (Å²) >= 11 is 0. The molecule has 0 bridgehead atoms. The summed E-state index contributed by atoms with van der Waals surface area (Å²) in [5.74, 6) is 0.247. The Morgan fingerprint density at radius 3 is 2.36 bits per heavy atom. The SMILES string of the molecule is COc1ccc(C(=O)Oc2ccc3ccccc3c2/C=N/NC(=O)Cc2ccccc2)cc1. The van der Waals surface area contributed by atoms with Crippen LogP contribution >= 0.6 is 0 Å². The molecule has 4 aromatic carbocycles. The molecule has 0 saturated carbocycles. The zero-order valence-electron chi connectivity index (χ0n) is 18.0. The Bertz CT molecular complexity index is 1300. The quantitative estimate of drug-likeness (QED) is 0.195. The van der Waals surface area contributed by atoms with E-state index < -0.39 is 5.97 Å². The number of ether oxygens (including phenoxy) is 2. The van der Waals surface area contributed by atoms with Crippen molar-refractivity contribution in [1.82, 2.24) is 5.43 Å². The standard InChI is InChI=1S/C27H22N2O4/c1-32-22-14-11-21(12-15-22)27(31)33-25-16-13-20-9-5-6-10-23(20)24(25)18-28-29-26(30)17-19-7-3-2-4-8-19/h2-16,18H,17H2,1H3,(H,29,30)/b28-18+. The van der Waals surface area contributed by atoms with E-state index in [1.807, 2.05) is 60.7 Å². The maximum absolute atomic E-state index is 12.7. The second-order valence-electron chi connectivity index (χ2n) is 7.27. The van der Waals surface area contributed by atoms with Crippen molar-refractivity contribution >= 4 is 28.9 Å². The minimum atomic E-state index is -0.504. The van der Waals surface area contributed by atoms with E-state index >= 15 is 0 Å². The topological polar surface area (TPSA) is 77.0 Å². The highest BCUT2D eigenvalue weighted by Gasteiger charge is 2.14. The summed E-state index contributed by atoms with van der Waals surface area (Å²) in [5.41, 5.74) is 4.42. The lowest BCUT2D eigenvalue weighted by Crippen LogP contribution is -2.19. The van der Waals surface area contributed by atoms with Gasteiger partial charge in [-0.05, 0) is 46.7 Å². The fraction of sp³-hybridized carbons (Fsp3) is 0.0741. The van der Waals surface area contributed by atoms with E-state index in [2.05, 4.69) is 10.5 Å². The van der Waals surface area contributed by atoms with Crippen molar-refractivity contribution in [2.24, 2.45) is 5.10 Å². The molecule has 0 radical (unpaired) electrons. The summed E-state index contributed by atoms with van der Waals surface area (Å²) in [6.07, 6.45) is 1.72. The number of esters is 1. The highest BCUT2D eigenvalue weighted by molar-refractivity contribution is 6.04. The Morgan fingerprint density at radius 2 is 1.61 bits per heavy atom. The molecule has 0 atom stereocenters. The Hall–Kier alpha value is -4.45. The molecule has 164 valence electrons. The number of nitrogens with one attached hydrogen (secondary N) is 1. The molecule has 6 nitrogen and oxygen atoms in total. The molecular weight excluding hydrogens is 416 g/mol. The first-order valence-electron chi connectivity index (χ1n) is 10.4. The fourth-order valence-corrected chi connectivity index (χ4v) is 3.37. The Balaban J connectivity index is 1.56. The van der Waals surface area contributed by atoms with Crippen LogP contribution in [0.3, 0.4) is 0 Å². The van der Waals surface area contributed by atoms with Crippen LogP contribution in [0.15, 0.2) is 96.1 Å². The summed E-state index contributed by atoms with van der Waals surface area (Å²) in [6.45, 7) is 0. The number of hydrogen-bond acceptors (Lipinski definition) is 5. The maximum Gasteiger partial charge on any atom is 0.343 e. The van der Waals surface area contributed by atoms with E-state index in [-0.39, 0.29) is 12.3 Å².